The molecule has 0 radical (unpaired) electrons. The smallest absolute Gasteiger partial charge is 0.257 e. The van der Waals surface area contributed by atoms with Crippen molar-refractivity contribution in [3.8, 4) is 0 Å². The minimum Gasteiger partial charge on any atom is -0.257 e. The summed E-state index contributed by atoms with van der Waals surface area (Å²) in [5, 5.41) is 0. The lowest BCUT2D eigenvalue weighted by Crippen LogP contribution is -2.20. The van der Waals surface area contributed by atoms with E-state index in [-0.39, 0.29) is 4.90 Å². The molecule has 3 nitrogen and oxygen atoms in total. The van der Waals surface area contributed by atoms with Crippen molar-refractivity contribution in [1.82, 2.24) is 0 Å². The van der Waals surface area contributed by atoms with Crippen LogP contribution >= 0.6 is 15.9 Å². The van der Waals surface area contributed by atoms with Gasteiger partial charge < -0.3 is 0 Å². The fraction of sp³-hybridized carbons (Fsp3) is 0.250. The van der Waals surface area contributed by atoms with Crippen LogP contribution in [0.15, 0.2) is 33.6 Å². The number of halogens is 4. The van der Waals surface area contributed by atoms with Gasteiger partial charge >= 0.3 is 6.18 Å². The van der Waals surface area contributed by atoms with Gasteiger partial charge in [0.2, 0.25) is 0 Å². The molecular weight excluding hydrogens is 313 g/mol. The molecule has 0 saturated heterocycles. The normalized spacial score (nSPS) is 12.8. The third-order valence-electron chi connectivity index (χ3n) is 1.48. The topological polar surface area (TPSA) is 43.4 Å². The lowest BCUT2D eigenvalue weighted by molar-refractivity contribution is -0.152. The summed E-state index contributed by atoms with van der Waals surface area (Å²) < 4.78 is 62.3. The second kappa shape index (κ2) is 4.72. The van der Waals surface area contributed by atoms with Crippen molar-refractivity contribution in [3.63, 3.8) is 0 Å². The number of hydrogen-bond donors (Lipinski definition) is 0. The fourth-order valence-corrected chi connectivity index (χ4v) is 1.97. The Kier molecular flexibility index (Phi) is 3.97. The largest absolute Gasteiger partial charge is 0.413 e. The van der Waals surface area contributed by atoms with E-state index in [1.807, 2.05) is 0 Å². The summed E-state index contributed by atoms with van der Waals surface area (Å²) in [4.78, 5) is -0.319. The summed E-state index contributed by atoms with van der Waals surface area (Å²) in [5.74, 6) is 0. The van der Waals surface area contributed by atoms with Gasteiger partial charge in [-0.3, -0.25) is 4.18 Å². The lowest BCUT2D eigenvalue weighted by Gasteiger charge is -2.08. The highest BCUT2D eigenvalue weighted by Crippen LogP contribution is 2.20. The molecule has 0 unspecified atom stereocenters. The van der Waals surface area contributed by atoms with Gasteiger partial charge in [-0.25, -0.2) is 0 Å². The van der Waals surface area contributed by atoms with Crippen LogP contribution < -0.4 is 0 Å². The number of alkyl halides is 3. The number of hydrogen-bond acceptors (Lipinski definition) is 3. The van der Waals surface area contributed by atoms with Gasteiger partial charge in [0.15, 0.2) is 6.61 Å². The second-order valence-corrected chi connectivity index (χ2v) is 5.32. The predicted molar refractivity (Wildman–Crippen MR) is 53.3 cm³/mol. The average molecular weight is 319 g/mol. The van der Waals surface area contributed by atoms with E-state index in [0.717, 1.165) is 12.1 Å². The van der Waals surface area contributed by atoms with Crippen LogP contribution in [0.4, 0.5) is 13.2 Å². The molecule has 0 N–H and O–H groups in total. The summed E-state index contributed by atoms with van der Waals surface area (Å²) in [5.41, 5.74) is 0. The van der Waals surface area contributed by atoms with E-state index in [2.05, 4.69) is 20.1 Å². The zero-order valence-corrected chi connectivity index (χ0v) is 10.1. The first-order chi connectivity index (χ1) is 7.21. The van der Waals surface area contributed by atoms with Crippen molar-refractivity contribution in [2.75, 3.05) is 6.61 Å². The lowest BCUT2D eigenvalue weighted by atomic mass is 10.4. The Balaban J connectivity index is 2.83. The summed E-state index contributed by atoms with van der Waals surface area (Å²) in [6, 6.07) is 5.08. The van der Waals surface area contributed by atoms with Crippen LogP contribution in [0, 0.1) is 0 Å². The van der Waals surface area contributed by atoms with Crippen molar-refractivity contribution in [2.24, 2.45) is 0 Å². The molecule has 0 bridgehead atoms. The average Bonchev–Trinajstić information content (AvgIpc) is 2.15. The first kappa shape index (κ1) is 13.5. The van der Waals surface area contributed by atoms with Gasteiger partial charge in [0.05, 0.1) is 4.90 Å². The zero-order valence-electron chi connectivity index (χ0n) is 7.66. The molecule has 0 fully saturated rings. The first-order valence-corrected chi connectivity index (χ1v) is 6.12. The Bertz CT molecular complexity index is 452. The Morgan fingerprint density at radius 3 is 2.12 bits per heavy atom. The van der Waals surface area contributed by atoms with E-state index < -0.39 is 22.9 Å². The zero-order chi connectivity index (χ0) is 12.4. The highest BCUT2D eigenvalue weighted by Gasteiger charge is 2.31. The van der Waals surface area contributed by atoms with Crippen LogP contribution in [0.25, 0.3) is 0 Å². The molecule has 1 rings (SSSR count). The van der Waals surface area contributed by atoms with Crippen LogP contribution in [-0.2, 0) is 14.3 Å². The van der Waals surface area contributed by atoms with Gasteiger partial charge in [0.25, 0.3) is 10.1 Å². The molecule has 0 amide bonds. The fourth-order valence-electron chi connectivity index (χ4n) is 0.814. The Labute approximate surface area is 98.5 Å². The first-order valence-electron chi connectivity index (χ1n) is 3.92. The van der Waals surface area contributed by atoms with Crippen molar-refractivity contribution in [1.29, 1.82) is 0 Å². The van der Waals surface area contributed by atoms with Gasteiger partial charge in [-0.15, -0.1) is 0 Å². The standard InChI is InChI=1S/C8H6BrF3O3S/c9-6-1-3-7(4-2-6)16(13,14)15-5-8(10,11)12/h1-4H,5H2. The number of rotatable bonds is 3. The van der Waals surface area contributed by atoms with Crippen LogP contribution in [0.3, 0.4) is 0 Å². The second-order valence-electron chi connectivity index (χ2n) is 2.79. The minimum atomic E-state index is -4.68. The Morgan fingerprint density at radius 2 is 1.69 bits per heavy atom. The monoisotopic (exact) mass is 318 g/mol. The molecule has 0 aliphatic rings. The maximum atomic E-state index is 11.8. The number of benzene rings is 1. The van der Waals surface area contributed by atoms with E-state index in [9.17, 15) is 21.6 Å². The molecule has 0 aliphatic heterocycles. The van der Waals surface area contributed by atoms with E-state index in [4.69, 9.17) is 0 Å². The van der Waals surface area contributed by atoms with Crippen LogP contribution in [0.5, 0.6) is 0 Å². The van der Waals surface area contributed by atoms with Crippen LogP contribution in [0.1, 0.15) is 0 Å². The van der Waals surface area contributed by atoms with Gasteiger partial charge in [-0.05, 0) is 24.3 Å². The van der Waals surface area contributed by atoms with E-state index in [0.29, 0.717) is 4.47 Å². The molecule has 0 heterocycles. The molecule has 0 spiro atoms. The minimum absolute atomic E-state index is 0.319. The molecule has 8 heteroatoms. The van der Waals surface area contributed by atoms with Crippen molar-refractivity contribution in [2.45, 2.75) is 11.1 Å². The summed E-state index contributed by atoms with van der Waals surface area (Å²) in [6.45, 7) is -1.83. The molecule has 90 valence electrons. The van der Waals surface area contributed by atoms with Gasteiger partial charge in [-0.2, -0.15) is 21.6 Å². The van der Waals surface area contributed by atoms with Gasteiger partial charge in [0.1, 0.15) is 0 Å². The van der Waals surface area contributed by atoms with E-state index in [1.165, 1.54) is 12.1 Å². The summed E-state index contributed by atoms with van der Waals surface area (Å²) in [7, 11) is -4.35. The Morgan fingerprint density at radius 1 is 1.19 bits per heavy atom. The molecule has 0 aromatic heterocycles. The Hall–Kier alpha value is -0.600. The van der Waals surface area contributed by atoms with E-state index in [1.54, 1.807) is 0 Å². The predicted octanol–water partition coefficient (Wildman–Crippen LogP) is 2.72. The molecule has 0 atom stereocenters. The summed E-state index contributed by atoms with van der Waals surface area (Å²) in [6.07, 6.45) is -4.68. The van der Waals surface area contributed by atoms with Crippen LogP contribution in [0.2, 0.25) is 0 Å². The molecule has 0 aliphatic carbocycles. The maximum Gasteiger partial charge on any atom is 0.413 e. The molecule has 16 heavy (non-hydrogen) atoms. The van der Waals surface area contributed by atoms with Gasteiger partial charge in [0, 0.05) is 4.47 Å². The third kappa shape index (κ3) is 4.11. The van der Waals surface area contributed by atoms with Crippen molar-refractivity contribution in [3.05, 3.63) is 28.7 Å². The van der Waals surface area contributed by atoms with Crippen molar-refractivity contribution >= 4 is 26.0 Å². The summed E-state index contributed by atoms with van der Waals surface area (Å²) >= 11 is 3.07. The highest BCUT2D eigenvalue weighted by atomic mass is 79.9. The van der Waals surface area contributed by atoms with E-state index >= 15 is 0 Å². The van der Waals surface area contributed by atoms with Crippen LogP contribution in [-0.4, -0.2) is 21.2 Å². The molecule has 1 aromatic carbocycles. The van der Waals surface area contributed by atoms with Gasteiger partial charge in [-0.1, -0.05) is 15.9 Å². The SMILES string of the molecule is O=S(=O)(OCC(F)(F)F)c1ccc(Br)cc1. The maximum absolute atomic E-state index is 11.8. The molecule has 0 saturated carbocycles. The highest BCUT2D eigenvalue weighted by molar-refractivity contribution is 9.10. The molecular formula is C8H6BrF3O3S. The molecule has 1 aromatic rings. The quantitative estimate of drug-likeness (QED) is 0.805. The van der Waals surface area contributed by atoms with Crippen molar-refractivity contribution < 1.29 is 25.8 Å². The third-order valence-corrected chi connectivity index (χ3v) is 3.29.